The highest BCUT2D eigenvalue weighted by molar-refractivity contribution is 5.77. The molecule has 1 aromatic heterocycles. The molecule has 0 aliphatic heterocycles. The number of ether oxygens (including phenoxy) is 1. The lowest BCUT2D eigenvalue weighted by Gasteiger charge is -2.16. The van der Waals surface area contributed by atoms with E-state index >= 15 is 0 Å². The van der Waals surface area contributed by atoms with Crippen LogP contribution < -0.4 is 0 Å². The zero-order valence-electron chi connectivity index (χ0n) is 16.6. The Morgan fingerprint density at radius 3 is 1.83 bits per heavy atom. The summed E-state index contributed by atoms with van der Waals surface area (Å²) in [6.07, 6.45) is 0. The van der Waals surface area contributed by atoms with E-state index in [0.717, 1.165) is 16.7 Å². The minimum atomic E-state index is -0.792. The van der Waals surface area contributed by atoms with Gasteiger partial charge < -0.3 is 4.74 Å². The normalized spacial score (nSPS) is 11.9. The van der Waals surface area contributed by atoms with E-state index in [1.807, 2.05) is 91.0 Å². The zero-order valence-corrected chi connectivity index (χ0v) is 16.6. The van der Waals surface area contributed by atoms with Crippen molar-refractivity contribution < 1.29 is 9.53 Å². The van der Waals surface area contributed by atoms with Crippen molar-refractivity contribution in [2.45, 2.75) is 18.9 Å². The van der Waals surface area contributed by atoms with Crippen molar-refractivity contribution in [3.05, 3.63) is 114 Å². The number of rotatable bonds is 7. The minimum Gasteiger partial charge on any atom is -0.464 e. The van der Waals surface area contributed by atoms with Crippen LogP contribution in [0.4, 0.5) is 0 Å². The summed E-state index contributed by atoms with van der Waals surface area (Å²) in [5.41, 5.74) is 2.85. The fraction of sp³-hybridized carbons (Fsp3) is 0.167. The van der Waals surface area contributed by atoms with Crippen LogP contribution in [-0.2, 0) is 9.53 Å². The van der Waals surface area contributed by atoms with Crippen molar-refractivity contribution in [1.82, 2.24) is 20.2 Å². The third-order valence-electron chi connectivity index (χ3n) is 4.82. The average molecular weight is 398 g/mol. The van der Waals surface area contributed by atoms with E-state index in [1.54, 1.807) is 6.92 Å². The lowest BCUT2D eigenvalue weighted by atomic mass is 9.91. The number of hydrogen-bond acceptors (Lipinski definition) is 5. The van der Waals surface area contributed by atoms with Gasteiger partial charge in [0.2, 0.25) is 0 Å². The highest BCUT2D eigenvalue weighted by Crippen LogP contribution is 2.29. The molecule has 0 spiro atoms. The van der Waals surface area contributed by atoms with Gasteiger partial charge in [0.05, 0.1) is 12.5 Å². The first kappa shape index (κ1) is 19.5. The van der Waals surface area contributed by atoms with Gasteiger partial charge in [0, 0.05) is 0 Å². The summed E-state index contributed by atoms with van der Waals surface area (Å²) in [4.78, 5) is 14.1. The molecule has 0 amide bonds. The first-order valence-corrected chi connectivity index (χ1v) is 9.88. The standard InChI is InChI=1S/C24H22N4O2/c1-2-30-24(29)22(20-16-10-5-11-17-20)28-26-23(25-27-28)21(18-12-6-3-7-13-18)19-14-8-4-9-15-19/h3-17,21-22H,2H2,1H3. The second-order valence-corrected chi connectivity index (χ2v) is 6.79. The Morgan fingerprint density at radius 1 is 0.833 bits per heavy atom. The molecule has 6 heteroatoms. The summed E-state index contributed by atoms with van der Waals surface area (Å²) < 4.78 is 5.28. The van der Waals surface area contributed by atoms with Crippen molar-refractivity contribution in [2.24, 2.45) is 0 Å². The molecule has 1 heterocycles. The third-order valence-corrected chi connectivity index (χ3v) is 4.82. The number of esters is 1. The number of hydrogen-bond donors (Lipinski definition) is 0. The number of tetrazole rings is 1. The predicted molar refractivity (Wildman–Crippen MR) is 113 cm³/mol. The van der Waals surface area contributed by atoms with E-state index in [0.29, 0.717) is 5.82 Å². The predicted octanol–water partition coefficient (Wildman–Crippen LogP) is 4.01. The van der Waals surface area contributed by atoms with Crippen LogP contribution in [0.5, 0.6) is 0 Å². The average Bonchev–Trinajstić information content (AvgIpc) is 3.25. The SMILES string of the molecule is CCOC(=O)C(c1ccccc1)n1nnc(C(c2ccccc2)c2ccccc2)n1. The molecule has 0 radical (unpaired) electrons. The Kier molecular flexibility index (Phi) is 5.94. The third kappa shape index (κ3) is 4.12. The van der Waals surface area contributed by atoms with Crippen LogP contribution in [0, 0.1) is 0 Å². The van der Waals surface area contributed by atoms with E-state index in [1.165, 1.54) is 4.80 Å². The minimum absolute atomic E-state index is 0.195. The van der Waals surface area contributed by atoms with E-state index in [4.69, 9.17) is 4.74 Å². The van der Waals surface area contributed by atoms with Gasteiger partial charge in [-0.25, -0.2) is 4.79 Å². The molecule has 0 bridgehead atoms. The van der Waals surface area contributed by atoms with Crippen LogP contribution >= 0.6 is 0 Å². The van der Waals surface area contributed by atoms with Crippen LogP contribution in [0.15, 0.2) is 91.0 Å². The maximum atomic E-state index is 12.7. The molecule has 4 rings (SSSR count). The van der Waals surface area contributed by atoms with Gasteiger partial charge in [0.1, 0.15) is 0 Å². The molecule has 150 valence electrons. The van der Waals surface area contributed by atoms with Gasteiger partial charge in [0.15, 0.2) is 11.9 Å². The molecular formula is C24H22N4O2. The van der Waals surface area contributed by atoms with Crippen molar-refractivity contribution in [1.29, 1.82) is 0 Å². The largest absolute Gasteiger partial charge is 0.464 e. The van der Waals surface area contributed by atoms with E-state index in [2.05, 4.69) is 15.4 Å². The summed E-state index contributed by atoms with van der Waals surface area (Å²) in [5.74, 6) is -0.0824. The molecule has 0 fully saturated rings. The van der Waals surface area contributed by atoms with Gasteiger partial charge >= 0.3 is 5.97 Å². The van der Waals surface area contributed by atoms with Crippen molar-refractivity contribution in [2.75, 3.05) is 6.61 Å². The summed E-state index contributed by atoms with van der Waals surface area (Å²) in [5, 5.41) is 13.2. The summed E-state index contributed by atoms with van der Waals surface area (Å²) in [6, 6.07) is 28.6. The van der Waals surface area contributed by atoms with Crippen LogP contribution in [0.1, 0.15) is 41.4 Å². The molecule has 4 aromatic rings. The molecule has 0 N–H and O–H groups in total. The lowest BCUT2D eigenvalue weighted by molar-refractivity contribution is -0.146. The van der Waals surface area contributed by atoms with Crippen LogP contribution in [-0.4, -0.2) is 32.8 Å². The van der Waals surface area contributed by atoms with Crippen molar-refractivity contribution in [3.63, 3.8) is 0 Å². The Labute approximate surface area is 175 Å². The number of carbonyl (C=O) groups is 1. The van der Waals surface area contributed by atoms with Gasteiger partial charge in [-0.1, -0.05) is 91.0 Å². The quantitative estimate of drug-likeness (QED) is 0.440. The lowest BCUT2D eigenvalue weighted by Crippen LogP contribution is -2.25. The molecule has 0 aliphatic carbocycles. The first-order chi connectivity index (χ1) is 14.8. The van der Waals surface area contributed by atoms with Crippen LogP contribution in [0.25, 0.3) is 0 Å². The van der Waals surface area contributed by atoms with Crippen LogP contribution in [0.2, 0.25) is 0 Å². The van der Waals surface area contributed by atoms with Crippen molar-refractivity contribution in [3.8, 4) is 0 Å². The molecule has 0 saturated carbocycles. The summed E-state index contributed by atoms with van der Waals surface area (Å²) >= 11 is 0. The molecule has 0 saturated heterocycles. The molecule has 30 heavy (non-hydrogen) atoms. The van der Waals surface area contributed by atoms with Gasteiger partial charge in [0.25, 0.3) is 0 Å². The smallest absolute Gasteiger partial charge is 0.337 e. The number of benzene rings is 3. The number of nitrogens with zero attached hydrogens (tertiary/aromatic N) is 4. The molecule has 1 atom stereocenters. The molecule has 0 aliphatic rings. The van der Waals surface area contributed by atoms with Crippen LogP contribution in [0.3, 0.4) is 0 Å². The van der Waals surface area contributed by atoms with Crippen molar-refractivity contribution >= 4 is 5.97 Å². The first-order valence-electron chi connectivity index (χ1n) is 9.88. The second kappa shape index (κ2) is 9.13. The Morgan fingerprint density at radius 2 is 1.33 bits per heavy atom. The molecule has 1 unspecified atom stereocenters. The second-order valence-electron chi connectivity index (χ2n) is 6.79. The van der Waals surface area contributed by atoms with E-state index in [9.17, 15) is 4.79 Å². The summed E-state index contributed by atoms with van der Waals surface area (Å²) in [7, 11) is 0. The van der Waals surface area contributed by atoms with E-state index in [-0.39, 0.29) is 12.5 Å². The Bertz CT molecular complexity index is 1040. The zero-order chi connectivity index (χ0) is 20.8. The summed E-state index contributed by atoms with van der Waals surface area (Å²) in [6.45, 7) is 2.06. The van der Waals surface area contributed by atoms with Gasteiger partial charge in [-0.3, -0.25) is 0 Å². The van der Waals surface area contributed by atoms with Gasteiger partial charge in [-0.2, -0.15) is 0 Å². The maximum absolute atomic E-state index is 12.7. The van der Waals surface area contributed by atoms with Gasteiger partial charge in [-0.15, -0.1) is 15.0 Å². The van der Waals surface area contributed by atoms with E-state index < -0.39 is 12.0 Å². The monoisotopic (exact) mass is 398 g/mol. The Balaban J connectivity index is 1.77. The van der Waals surface area contributed by atoms with Gasteiger partial charge in [-0.05, 0) is 28.8 Å². The molecule has 3 aromatic carbocycles. The Hall–Kier alpha value is -3.80. The molecular weight excluding hydrogens is 376 g/mol. The highest BCUT2D eigenvalue weighted by atomic mass is 16.5. The number of aromatic nitrogens is 4. The molecule has 6 nitrogen and oxygen atoms in total. The topological polar surface area (TPSA) is 69.9 Å². The fourth-order valence-corrected chi connectivity index (χ4v) is 3.46. The highest BCUT2D eigenvalue weighted by Gasteiger charge is 2.29. The fourth-order valence-electron chi connectivity index (χ4n) is 3.46. The number of carbonyl (C=O) groups excluding carboxylic acids is 1. The maximum Gasteiger partial charge on any atom is 0.337 e.